The number of hydrogen-bond donors (Lipinski definition) is 0. The fourth-order valence-corrected chi connectivity index (χ4v) is 6.71. The summed E-state index contributed by atoms with van der Waals surface area (Å²) >= 11 is 0. The molecule has 0 heterocycles. The lowest BCUT2D eigenvalue weighted by Gasteiger charge is -2.23. The Balaban J connectivity index is 1.75. The molecule has 0 radical (unpaired) electrons. The van der Waals surface area contributed by atoms with E-state index in [2.05, 4.69) is 98.8 Å². The SMILES string of the molecule is Bc1cccc(-c2cc(-c3ccccc3)c3c4cccc5c(=O)c(=O)c6cccc(c3c2-c2ccccc2)c6c54)c1. The van der Waals surface area contributed by atoms with Gasteiger partial charge < -0.3 is 0 Å². The largest absolute Gasteiger partial charge is 0.285 e. The third kappa shape index (κ3) is 3.39. The first-order valence-corrected chi connectivity index (χ1v) is 13.9. The minimum Gasteiger partial charge on any atom is -0.285 e. The molecule has 41 heavy (non-hydrogen) atoms. The highest BCUT2D eigenvalue weighted by molar-refractivity contribution is 6.38. The lowest BCUT2D eigenvalue weighted by molar-refractivity contribution is 1.59. The van der Waals surface area contributed by atoms with Crippen LogP contribution in [0.15, 0.2) is 137 Å². The summed E-state index contributed by atoms with van der Waals surface area (Å²) in [6.07, 6.45) is 0. The highest BCUT2D eigenvalue weighted by Gasteiger charge is 2.24. The van der Waals surface area contributed by atoms with Crippen molar-refractivity contribution in [2.24, 2.45) is 0 Å². The van der Waals surface area contributed by atoms with Gasteiger partial charge in [-0.3, -0.25) is 9.59 Å². The van der Waals surface area contributed by atoms with Crippen molar-refractivity contribution in [2.75, 3.05) is 0 Å². The van der Waals surface area contributed by atoms with E-state index in [4.69, 9.17) is 0 Å². The summed E-state index contributed by atoms with van der Waals surface area (Å²) in [6, 6.07) is 43.6. The van der Waals surface area contributed by atoms with Gasteiger partial charge in [-0.1, -0.05) is 127 Å². The fraction of sp³-hybridized carbons (Fsp3) is 0. The Labute approximate surface area is 237 Å². The van der Waals surface area contributed by atoms with Crippen molar-refractivity contribution in [2.45, 2.75) is 0 Å². The van der Waals surface area contributed by atoms with Gasteiger partial charge in [0.05, 0.1) is 0 Å². The molecule has 0 saturated carbocycles. The van der Waals surface area contributed by atoms with E-state index in [1.54, 1.807) is 12.1 Å². The second-order valence-electron chi connectivity index (χ2n) is 10.8. The lowest BCUT2D eigenvalue weighted by atomic mass is 9.79. The molecule has 0 unspecified atom stereocenters. The first kappa shape index (κ1) is 23.6. The summed E-state index contributed by atoms with van der Waals surface area (Å²) < 4.78 is 0. The van der Waals surface area contributed by atoms with E-state index < -0.39 is 10.9 Å². The van der Waals surface area contributed by atoms with Crippen LogP contribution in [0.3, 0.4) is 0 Å². The molecule has 0 amide bonds. The number of fused-ring (bicyclic) bond motifs is 3. The van der Waals surface area contributed by atoms with Crippen LogP contribution >= 0.6 is 0 Å². The van der Waals surface area contributed by atoms with Crippen LogP contribution in [0.4, 0.5) is 0 Å². The molecule has 8 aromatic rings. The second kappa shape index (κ2) is 8.87. The first-order chi connectivity index (χ1) is 20.1. The van der Waals surface area contributed by atoms with Gasteiger partial charge in [0, 0.05) is 21.5 Å². The van der Waals surface area contributed by atoms with E-state index in [1.807, 2.05) is 24.3 Å². The maximum Gasteiger partial charge on any atom is 0.234 e. The minimum atomic E-state index is -0.436. The maximum atomic E-state index is 13.4. The van der Waals surface area contributed by atoms with Crippen LogP contribution in [-0.4, -0.2) is 7.85 Å². The molecule has 0 aliphatic carbocycles. The van der Waals surface area contributed by atoms with E-state index in [1.165, 1.54) is 5.46 Å². The predicted octanol–water partition coefficient (Wildman–Crippen LogP) is 7.15. The fourth-order valence-electron chi connectivity index (χ4n) is 6.71. The van der Waals surface area contributed by atoms with E-state index in [-0.39, 0.29) is 0 Å². The first-order valence-electron chi connectivity index (χ1n) is 13.9. The van der Waals surface area contributed by atoms with Gasteiger partial charge in [-0.15, -0.1) is 0 Å². The summed E-state index contributed by atoms with van der Waals surface area (Å²) in [7, 11) is 2.12. The molecular weight excluding hydrogens is 499 g/mol. The third-order valence-electron chi connectivity index (χ3n) is 8.42. The van der Waals surface area contributed by atoms with Gasteiger partial charge in [-0.2, -0.15) is 0 Å². The summed E-state index contributed by atoms with van der Waals surface area (Å²) in [5, 5.41) is 6.88. The van der Waals surface area contributed by atoms with E-state index in [0.29, 0.717) is 10.8 Å². The molecule has 0 bridgehead atoms. The molecule has 0 aromatic heterocycles. The van der Waals surface area contributed by atoms with Crippen LogP contribution < -0.4 is 16.3 Å². The molecular formula is C38H23BO2. The van der Waals surface area contributed by atoms with Crippen molar-refractivity contribution in [1.82, 2.24) is 0 Å². The smallest absolute Gasteiger partial charge is 0.234 e. The van der Waals surface area contributed by atoms with Crippen molar-refractivity contribution in [1.29, 1.82) is 0 Å². The quantitative estimate of drug-likeness (QED) is 0.107. The van der Waals surface area contributed by atoms with Gasteiger partial charge in [-0.25, -0.2) is 0 Å². The molecule has 8 aromatic carbocycles. The molecule has 0 atom stereocenters. The normalized spacial score (nSPS) is 11.7. The van der Waals surface area contributed by atoms with Crippen molar-refractivity contribution >= 4 is 56.4 Å². The molecule has 190 valence electrons. The summed E-state index contributed by atoms with van der Waals surface area (Å²) in [5.41, 5.74) is 7.03. The third-order valence-corrected chi connectivity index (χ3v) is 8.42. The molecule has 0 fully saturated rings. The average molecular weight is 522 g/mol. The Kier molecular flexibility index (Phi) is 5.11. The lowest BCUT2D eigenvalue weighted by Crippen LogP contribution is -2.24. The number of benzene rings is 8. The van der Waals surface area contributed by atoms with Gasteiger partial charge in [-0.05, 0) is 61.0 Å². The summed E-state index contributed by atoms with van der Waals surface area (Å²) in [6.45, 7) is 0. The zero-order valence-electron chi connectivity index (χ0n) is 22.4. The van der Waals surface area contributed by atoms with Crippen LogP contribution in [-0.2, 0) is 0 Å². The second-order valence-corrected chi connectivity index (χ2v) is 10.8. The van der Waals surface area contributed by atoms with Crippen LogP contribution in [0, 0.1) is 0 Å². The van der Waals surface area contributed by atoms with Crippen molar-refractivity contribution < 1.29 is 0 Å². The highest BCUT2D eigenvalue weighted by atomic mass is 16.2. The van der Waals surface area contributed by atoms with E-state index in [0.717, 1.165) is 65.7 Å². The molecule has 0 saturated heterocycles. The van der Waals surface area contributed by atoms with Crippen LogP contribution in [0.25, 0.3) is 76.5 Å². The van der Waals surface area contributed by atoms with Crippen LogP contribution in [0.1, 0.15) is 0 Å². The summed E-state index contributed by atoms with van der Waals surface area (Å²) in [5.74, 6) is 0. The molecule has 2 nitrogen and oxygen atoms in total. The monoisotopic (exact) mass is 522 g/mol. The van der Waals surface area contributed by atoms with Crippen molar-refractivity contribution in [3.05, 3.63) is 148 Å². The number of rotatable bonds is 3. The zero-order chi connectivity index (χ0) is 27.7. The Morgan fingerprint density at radius 2 is 0.902 bits per heavy atom. The summed E-state index contributed by atoms with van der Waals surface area (Å²) in [4.78, 5) is 26.7. The Hall–Kier alpha value is -5.28. The topological polar surface area (TPSA) is 34.1 Å². The maximum absolute atomic E-state index is 13.4. The van der Waals surface area contributed by atoms with Gasteiger partial charge >= 0.3 is 0 Å². The minimum absolute atomic E-state index is 0.434. The Morgan fingerprint density at radius 1 is 0.390 bits per heavy atom. The molecule has 0 aliphatic heterocycles. The average Bonchev–Trinajstić information content (AvgIpc) is 3.03. The van der Waals surface area contributed by atoms with Gasteiger partial charge in [0.1, 0.15) is 7.85 Å². The highest BCUT2D eigenvalue weighted by Crippen LogP contribution is 2.49. The van der Waals surface area contributed by atoms with Crippen molar-refractivity contribution in [3.63, 3.8) is 0 Å². The molecule has 0 aliphatic rings. The van der Waals surface area contributed by atoms with E-state index in [9.17, 15) is 9.59 Å². The van der Waals surface area contributed by atoms with Crippen molar-refractivity contribution in [3.8, 4) is 33.4 Å². The number of hydrogen-bond acceptors (Lipinski definition) is 2. The van der Waals surface area contributed by atoms with Gasteiger partial charge in [0.15, 0.2) is 0 Å². The van der Waals surface area contributed by atoms with Gasteiger partial charge in [0.25, 0.3) is 0 Å². The van der Waals surface area contributed by atoms with Crippen LogP contribution in [0.5, 0.6) is 0 Å². The standard InChI is InChI=1S/C38H23BO2/c39-25-15-7-14-24(20-25)31-21-30(22-10-3-1-4-11-22)35-26-16-8-18-28-33(26)34-27(17-9-19-29(34)38(41)37(28)40)36(35)32(31)23-12-5-2-6-13-23/h1-21H,39H2. The molecule has 0 N–H and O–H groups in total. The predicted molar refractivity (Wildman–Crippen MR) is 176 cm³/mol. The van der Waals surface area contributed by atoms with E-state index >= 15 is 0 Å². The molecule has 3 heteroatoms. The zero-order valence-corrected chi connectivity index (χ0v) is 22.4. The molecule has 8 rings (SSSR count). The van der Waals surface area contributed by atoms with Gasteiger partial charge in [0.2, 0.25) is 10.9 Å². The van der Waals surface area contributed by atoms with Crippen LogP contribution in [0.2, 0.25) is 0 Å². The Morgan fingerprint density at radius 3 is 1.51 bits per heavy atom. The Bertz CT molecular complexity index is 2400. The molecule has 0 spiro atoms.